The Balaban J connectivity index is 1.66. The Kier molecular flexibility index (Phi) is 7.19. The highest BCUT2D eigenvalue weighted by Gasteiger charge is 2.28. The van der Waals surface area contributed by atoms with E-state index in [1.165, 1.54) is 4.57 Å². The van der Waals surface area contributed by atoms with Gasteiger partial charge in [-0.25, -0.2) is 14.3 Å². The van der Waals surface area contributed by atoms with Gasteiger partial charge in [-0.05, 0) is 76.9 Å². The van der Waals surface area contributed by atoms with Crippen LogP contribution in [0, 0.1) is 11.9 Å². The highest BCUT2D eigenvalue weighted by molar-refractivity contribution is 5.97. The number of piperidine rings is 1. The Hall–Kier alpha value is -3.62. The van der Waals surface area contributed by atoms with Gasteiger partial charge in [-0.15, -0.1) is 0 Å². The Labute approximate surface area is 210 Å². The van der Waals surface area contributed by atoms with Gasteiger partial charge in [0, 0.05) is 18.5 Å². The molecule has 0 spiro atoms. The molecule has 4 rings (SSSR count). The Morgan fingerprint density at radius 3 is 2.44 bits per heavy atom. The summed E-state index contributed by atoms with van der Waals surface area (Å²) in [6, 6.07) is 10.4. The molecule has 1 aliphatic heterocycles. The van der Waals surface area contributed by atoms with Crippen LogP contribution in [-0.2, 0) is 14.3 Å². The molecule has 36 heavy (non-hydrogen) atoms. The third-order valence-corrected chi connectivity index (χ3v) is 6.13. The van der Waals surface area contributed by atoms with Gasteiger partial charge < -0.3 is 19.1 Å². The molecule has 192 valence electrons. The van der Waals surface area contributed by atoms with Crippen molar-refractivity contribution in [3.05, 3.63) is 42.3 Å². The van der Waals surface area contributed by atoms with E-state index in [1.807, 2.05) is 4.90 Å². The van der Waals surface area contributed by atoms with E-state index in [2.05, 4.69) is 4.98 Å². The summed E-state index contributed by atoms with van der Waals surface area (Å²) >= 11 is 0. The van der Waals surface area contributed by atoms with Crippen molar-refractivity contribution in [2.24, 2.45) is 5.92 Å². The molecule has 0 saturated carbocycles. The molecule has 2 aromatic heterocycles. The van der Waals surface area contributed by atoms with Gasteiger partial charge in [0.2, 0.25) is 5.95 Å². The zero-order valence-electron chi connectivity index (χ0n) is 21.3. The number of nitrogens with zero attached hydrogens (tertiary/aromatic N) is 3. The fourth-order valence-corrected chi connectivity index (χ4v) is 4.42. The third-order valence-electron chi connectivity index (χ3n) is 6.13. The van der Waals surface area contributed by atoms with Crippen LogP contribution in [0.4, 0.5) is 15.0 Å². The van der Waals surface area contributed by atoms with Crippen molar-refractivity contribution >= 4 is 28.8 Å². The number of hydrogen-bond donors (Lipinski definition) is 0. The molecule has 0 unspecified atom stereocenters. The highest BCUT2D eigenvalue weighted by atomic mass is 19.1. The number of aromatic nitrogens is 2. The standard InChI is InChI=1S/C27H32FN3O5/c1-6-35-25(32)17-11-13-30(14-12-17)23-10-8-20(24(28)29-23)22-16-18-15-19(34-5)7-9-21(18)31(22)26(33)36-27(2,3)4/h7-10,15-17H,6,11-14H2,1-5H3. The second kappa shape index (κ2) is 10.2. The Morgan fingerprint density at radius 1 is 1.11 bits per heavy atom. The van der Waals surface area contributed by atoms with Crippen LogP contribution in [0.5, 0.6) is 5.75 Å². The van der Waals surface area contributed by atoms with E-state index in [0.29, 0.717) is 60.7 Å². The number of benzene rings is 1. The van der Waals surface area contributed by atoms with Gasteiger partial charge in [-0.3, -0.25) is 4.79 Å². The van der Waals surface area contributed by atoms with Crippen molar-refractivity contribution in [3.8, 4) is 17.0 Å². The van der Waals surface area contributed by atoms with E-state index in [-0.39, 0.29) is 17.5 Å². The van der Waals surface area contributed by atoms with Crippen LogP contribution in [0.2, 0.25) is 0 Å². The summed E-state index contributed by atoms with van der Waals surface area (Å²) in [4.78, 5) is 31.3. The predicted molar refractivity (Wildman–Crippen MR) is 135 cm³/mol. The van der Waals surface area contributed by atoms with Crippen LogP contribution in [0.15, 0.2) is 36.4 Å². The fraction of sp³-hybridized carbons (Fsp3) is 0.444. The topological polar surface area (TPSA) is 82.9 Å². The maximum Gasteiger partial charge on any atom is 0.419 e. The lowest BCUT2D eigenvalue weighted by Crippen LogP contribution is -2.37. The summed E-state index contributed by atoms with van der Waals surface area (Å²) in [5.74, 6) is 0.0837. The van der Waals surface area contributed by atoms with E-state index in [1.54, 1.807) is 71.2 Å². The quantitative estimate of drug-likeness (QED) is 0.344. The molecule has 1 aromatic carbocycles. The minimum absolute atomic E-state index is 0.146. The number of esters is 1. The lowest BCUT2D eigenvalue weighted by molar-refractivity contribution is -0.148. The van der Waals surface area contributed by atoms with E-state index in [9.17, 15) is 9.59 Å². The van der Waals surface area contributed by atoms with Crippen LogP contribution < -0.4 is 9.64 Å². The zero-order chi connectivity index (χ0) is 26.0. The van der Waals surface area contributed by atoms with Crippen molar-refractivity contribution in [1.29, 1.82) is 0 Å². The maximum atomic E-state index is 15.4. The van der Waals surface area contributed by atoms with E-state index in [4.69, 9.17) is 14.2 Å². The number of methoxy groups -OCH3 is 1. The minimum Gasteiger partial charge on any atom is -0.497 e. The summed E-state index contributed by atoms with van der Waals surface area (Å²) in [6.45, 7) is 8.64. The first kappa shape index (κ1) is 25.5. The molecule has 0 aliphatic carbocycles. The normalized spacial score (nSPS) is 14.7. The molecule has 0 N–H and O–H groups in total. The van der Waals surface area contributed by atoms with Crippen LogP contribution in [0.25, 0.3) is 22.2 Å². The van der Waals surface area contributed by atoms with Gasteiger partial charge >= 0.3 is 12.1 Å². The molecule has 1 fully saturated rings. The highest BCUT2D eigenvalue weighted by Crippen LogP contribution is 2.34. The van der Waals surface area contributed by atoms with E-state index in [0.717, 1.165) is 0 Å². The number of anilines is 1. The largest absolute Gasteiger partial charge is 0.497 e. The van der Waals surface area contributed by atoms with Crippen molar-refractivity contribution < 1.29 is 28.2 Å². The molecular formula is C27H32FN3O5. The summed E-state index contributed by atoms with van der Waals surface area (Å²) < 4.78 is 32.9. The maximum absolute atomic E-state index is 15.4. The number of fused-ring (bicyclic) bond motifs is 1. The van der Waals surface area contributed by atoms with Gasteiger partial charge in [-0.1, -0.05) is 0 Å². The van der Waals surface area contributed by atoms with Crippen molar-refractivity contribution in [2.75, 3.05) is 31.7 Å². The predicted octanol–water partition coefficient (Wildman–Crippen LogP) is 5.41. The number of carbonyl (C=O) groups is 2. The smallest absolute Gasteiger partial charge is 0.419 e. The summed E-state index contributed by atoms with van der Waals surface area (Å²) in [5, 5.41) is 0.708. The molecule has 0 atom stereocenters. The fourth-order valence-electron chi connectivity index (χ4n) is 4.42. The van der Waals surface area contributed by atoms with E-state index < -0.39 is 17.6 Å². The zero-order valence-corrected chi connectivity index (χ0v) is 21.3. The third kappa shape index (κ3) is 5.29. The number of halogens is 1. The lowest BCUT2D eigenvalue weighted by atomic mass is 9.97. The summed E-state index contributed by atoms with van der Waals surface area (Å²) in [7, 11) is 1.56. The average molecular weight is 498 g/mol. The van der Waals surface area contributed by atoms with Crippen LogP contribution in [0.3, 0.4) is 0 Å². The number of carbonyl (C=O) groups excluding carboxylic acids is 2. The van der Waals surface area contributed by atoms with Crippen LogP contribution in [-0.4, -0.2) is 54.0 Å². The number of ether oxygens (including phenoxy) is 3. The molecule has 8 nitrogen and oxygen atoms in total. The average Bonchev–Trinajstić information content (AvgIpc) is 3.21. The first-order valence-corrected chi connectivity index (χ1v) is 12.1. The molecule has 0 bridgehead atoms. The minimum atomic E-state index is -0.728. The molecule has 1 aliphatic rings. The first-order chi connectivity index (χ1) is 17.1. The summed E-state index contributed by atoms with van der Waals surface area (Å²) in [5.41, 5.74) is 0.365. The van der Waals surface area contributed by atoms with Crippen molar-refractivity contribution in [3.63, 3.8) is 0 Å². The van der Waals surface area contributed by atoms with Crippen molar-refractivity contribution in [2.45, 2.75) is 46.1 Å². The number of hydrogen-bond acceptors (Lipinski definition) is 7. The van der Waals surface area contributed by atoms with Gasteiger partial charge in [0.15, 0.2) is 0 Å². The van der Waals surface area contributed by atoms with E-state index >= 15 is 4.39 Å². The number of rotatable bonds is 5. The van der Waals surface area contributed by atoms with Crippen LogP contribution >= 0.6 is 0 Å². The van der Waals surface area contributed by atoms with Gasteiger partial charge in [-0.2, -0.15) is 4.39 Å². The second-order valence-corrected chi connectivity index (χ2v) is 9.79. The van der Waals surface area contributed by atoms with Gasteiger partial charge in [0.25, 0.3) is 0 Å². The monoisotopic (exact) mass is 497 g/mol. The SMILES string of the molecule is CCOC(=O)C1CCN(c2ccc(-c3cc4cc(OC)ccc4n3C(=O)OC(C)(C)C)c(F)n2)CC1. The molecule has 3 aromatic rings. The van der Waals surface area contributed by atoms with Gasteiger partial charge in [0.05, 0.1) is 36.4 Å². The second-order valence-electron chi connectivity index (χ2n) is 9.79. The lowest BCUT2D eigenvalue weighted by Gasteiger charge is -2.31. The Bertz CT molecular complexity index is 1270. The first-order valence-electron chi connectivity index (χ1n) is 12.1. The Morgan fingerprint density at radius 2 is 1.83 bits per heavy atom. The molecule has 3 heterocycles. The molecule has 0 radical (unpaired) electrons. The number of pyridine rings is 1. The molecule has 1 saturated heterocycles. The summed E-state index contributed by atoms with van der Waals surface area (Å²) in [6.07, 6.45) is 0.638. The van der Waals surface area contributed by atoms with Gasteiger partial charge in [0.1, 0.15) is 17.2 Å². The van der Waals surface area contributed by atoms with Crippen molar-refractivity contribution in [1.82, 2.24) is 9.55 Å². The van der Waals surface area contributed by atoms with Crippen LogP contribution in [0.1, 0.15) is 40.5 Å². The molecule has 0 amide bonds. The molecule has 9 heteroatoms. The molecular weight excluding hydrogens is 465 g/mol.